The lowest BCUT2D eigenvalue weighted by Crippen LogP contribution is -2.22. The summed E-state index contributed by atoms with van der Waals surface area (Å²) in [5.74, 6) is 0. The molecule has 0 radical (unpaired) electrons. The predicted molar refractivity (Wildman–Crippen MR) is 82.4 cm³/mol. The Labute approximate surface area is 129 Å². The van der Waals surface area contributed by atoms with Crippen LogP contribution in [0, 0.1) is 10.1 Å². The van der Waals surface area contributed by atoms with Gasteiger partial charge >= 0.3 is 0 Å². The number of rotatable bonds is 4. The van der Waals surface area contributed by atoms with Crippen LogP contribution in [-0.4, -0.2) is 47.3 Å². The minimum absolute atomic E-state index is 0.117. The van der Waals surface area contributed by atoms with Crippen molar-refractivity contribution in [3.05, 3.63) is 45.5 Å². The molecule has 2 aliphatic heterocycles. The van der Waals surface area contributed by atoms with E-state index in [1.165, 1.54) is 5.57 Å². The number of ether oxygens (including phenoxy) is 1. The van der Waals surface area contributed by atoms with Gasteiger partial charge < -0.3 is 9.84 Å². The molecule has 1 saturated heterocycles. The lowest BCUT2D eigenvalue weighted by atomic mass is 9.95. The van der Waals surface area contributed by atoms with Gasteiger partial charge in [0, 0.05) is 31.8 Å². The standard InChI is InChI=1S/C16H20N2O4/c19-15-3-6-17(11-15)10-13-9-14(18(20)21)1-2-16(13)12-4-7-22-8-5-12/h1-2,4,9,15,19H,3,5-8,10-11H2. The molecule has 6 heteroatoms. The maximum Gasteiger partial charge on any atom is 0.269 e. The molecule has 22 heavy (non-hydrogen) atoms. The second-order valence-corrected chi connectivity index (χ2v) is 5.83. The van der Waals surface area contributed by atoms with Crippen molar-refractivity contribution >= 4 is 11.3 Å². The van der Waals surface area contributed by atoms with E-state index in [1.807, 2.05) is 12.1 Å². The third-order valence-electron chi connectivity index (χ3n) is 4.25. The third-order valence-corrected chi connectivity index (χ3v) is 4.25. The van der Waals surface area contributed by atoms with Gasteiger partial charge in [0.1, 0.15) is 0 Å². The Morgan fingerprint density at radius 3 is 2.95 bits per heavy atom. The second-order valence-electron chi connectivity index (χ2n) is 5.83. The third kappa shape index (κ3) is 3.35. The summed E-state index contributed by atoms with van der Waals surface area (Å²) in [6.45, 7) is 3.36. The van der Waals surface area contributed by atoms with Crippen LogP contribution in [-0.2, 0) is 11.3 Å². The summed E-state index contributed by atoms with van der Waals surface area (Å²) >= 11 is 0. The van der Waals surface area contributed by atoms with Crippen molar-refractivity contribution < 1.29 is 14.8 Å². The Kier molecular flexibility index (Phi) is 4.52. The first-order chi connectivity index (χ1) is 10.6. The summed E-state index contributed by atoms with van der Waals surface area (Å²) in [5, 5.41) is 20.7. The zero-order chi connectivity index (χ0) is 15.5. The second kappa shape index (κ2) is 6.56. The fourth-order valence-corrected chi connectivity index (χ4v) is 3.11. The molecule has 2 heterocycles. The van der Waals surface area contributed by atoms with Crippen LogP contribution >= 0.6 is 0 Å². The van der Waals surface area contributed by atoms with E-state index in [4.69, 9.17) is 4.74 Å². The monoisotopic (exact) mass is 304 g/mol. The molecule has 1 unspecified atom stereocenters. The number of hydrogen-bond acceptors (Lipinski definition) is 5. The van der Waals surface area contributed by atoms with Crippen LogP contribution in [0.3, 0.4) is 0 Å². The molecule has 1 aromatic carbocycles. The number of likely N-dealkylation sites (tertiary alicyclic amines) is 1. The van der Waals surface area contributed by atoms with Crippen molar-refractivity contribution in [3.8, 4) is 0 Å². The van der Waals surface area contributed by atoms with Gasteiger partial charge in [-0.1, -0.05) is 6.08 Å². The predicted octanol–water partition coefficient (Wildman–Crippen LogP) is 1.97. The van der Waals surface area contributed by atoms with Gasteiger partial charge in [0.15, 0.2) is 0 Å². The highest BCUT2D eigenvalue weighted by atomic mass is 16.6. The van der Waals surface area contributed by atoms with Gasteiger partial charge in [-0.3, -0.25) is 15.0 Å². The zero-order valence-corrected chi connectivity index (χ0v) is 12.4. The van der Waals surface area contributed by atoms with E-state index in [2.05, 4.69) is 4.90 Å². The number of β-amino-alcohol motifs (C(OH)–C–C–N with tert-alkyl or cyclic N) is 1. The van der Waals surface area contributed by atoms with Gasteiger partial charge in [-0.15, -0.1) is 0 Å². The maximum absolute atomic E-state index is 11.0. The number of non-ortho nitro benzene ring substituents is 1. The highest BCUT2D eigenvalue weighted by Gasteiger charge is 2.23. The van der Waals surface area contributed by atoms with Gasteiger partial charge in [-0.05, 0) is 35.6 Å². The van der Waals surface area contributed by atoms with Gasteiger partial charge in [0.05, 0.1) is 24.2 Å². The van der Waals surface area contributed by atoms with E-state index >= 15 is 0 Å². The van der Waals surface area contributed by atoms with Crippen molar-refractivity contribution in [2.75, 3.05) is 26.3 Å². The molecular weight excluding hydrogens is 284 g/mol. The van der Waals surface area contributed by atoms with Crippen molar-refractivity contribution in [1.29, 1.82) is 0 Å². The summed E-state index contributed by atoms with van der Waals surface area (Å²) in [7, 11) is 0. The highest BCUT2D eigenvalue weighted by molar-refractivity contribution is 5.70. The first kappa shape index (κ1) is 15.1. The normalized spacial score (nSPS) is 22.6. The van der Waals surface area contributed by atoms with Crippen molar-refractivity contribution in [2.45, 2.75) is 25.5 Å². The molecule has 0 amide bonds. The van der Waals surface area contributed by atoms with Crippen LogP contribution in [0.1, 0.15) is 24.0 Å². The van der Waals surface area contributed by atoms with Crippen LogP contribution in [0.5, 0.6) is 0 Å². The van der Waals surface area contributed by atoms with Crippen molar-refractivity contribution in [2.24, 2.45) is 0 Å². The van der Waals surface area contributed by atoms with Gasteiger partial charge in [-0.2, -0.15) is 0 Å². The number of benzene rings is 1. The number of hydrogen-bond donors (Lipinski definition) is 1. The van der Waals surface area contributed by atoms with E-state index in [-0.39, 0.29) is 16.7 Å². The van der Waals surface area contributed by atoms with E-state index in [9.17, 15) is 15.2 Å². The molecule has 0 spiro atoms. The Morgan fingerprint density at radius 1 is 1.45 bits per heavy atom. The Hall–Kier alpha value is -1.76. The average molecular weight is 304 g/mol. The van der Waals surface area contributed by atoms with Crippen LogP contribution in [0.15, 0.2) is 24.3 Å². The lowest BCUT2D eigenvalue weighted by molar-refractivity contribution is -0.384. The van der Waals surface area contributed by atoms with E-state index < -0.39 is 0 Å². The molecule has 1 fully saturated rings. The molecule has 6 nitrogen and oxygen atoms in total. The van der Waals surface area contributed by atoms with E-state index in [0.29, 0.717) is 26.3 Å². The first-order valence-corrected chi connectivity index (χ1v) is 7.58. The topological polar surface area (TPSA) is 75.8 Å². The lowest BCUT2D eigenvalue weighted by Gasteiger charge is -2.20. The number of aliphatic hydroxyl groups excluding tert-OH is 1. The molecule has 2 aliphatic rings. The quantitative estimate of drug-likeness (QED) is 0.680. The molecule has 0 saturated carbocycles. The van der Waals surface area contributed by atoms with Crippen LogP contribution in [0.2, 0.25) is 0 Å². The van der Waals surface area contributed by atoms with Crippen molar-refractivity contribution in [1.82, 2.24) is 4.90 Å². The summed E-state index contributed by atoms with van der Waals surface area (Å²) in [5.41, 5.74) is 3.33. The number of nitro benzene ring substituents is 1. The Bertz CT molecular complexity index is 600. The smallest absolute Gasteiger partial charge is 0.269 e. The molecule has 0 aromatic heterocycles. The summed E-state index contributed by atoms with van der Waals surface area (Å²) in [6, 6.07) is 5.07. The molecule has 3 rings (SSSR count). The molecular formula is C16H20N2O4. The number of nitro groups is 1. The van der Waals surface area contributed by atoms with Crippen LogP contribution in [0.4, 0.5) is 5.69 Å². The summed E-state index contributed by atoms with van der Waals surface area (Å²) in [4.78, 5) is 12.8. The van der Waals surface area contributed by atoms with Gasteiger partial charge in [0.25, 0.3) is 5.69 Å². The number of aliphatic hydroxyl groups is 1. The molecule has 1 atom stereocenters. The fraction of sp³-hybridized carbons (Fsp3) is 0.500. The fourth-order valence-electron chi connectivity index (χ4n) is 3.11. The van der Waals surface area contributed by atoms with E-state index in [1.54, 1.807) is 12.1 Å². The van der Waals surface area contributed by atoms with Crippen molar-refractivity contribution in [3.63, 3.8) is 0 Å². The number of nitrogens with zero attached hydrogens (tertiary/aromatic N) is 2. The van der Waals surface area contributed by atoms with E-state index in [0.717, 1.165) is 30.5 Å². The Balaban J connectivity index is 1.90. The van der Waals surface area contributed by atoms with Crippen LogP contribution < -0.4 is 0 Å². The molecule has 118 valence electrons. The van der Waals surface area contributed by atoms with Crippen LogP contribution in [0.25, 0.3) is 5.57 Å². The SMILES string of the molecule is O=[N+]([O-])c1ccc(C2=CCOCC2)c(CN2CCC(O)C2)c1. The molecule has 1 aromatic rings. The zero-order valence-electron chi connectivity index (χ0n) is 12.4. The highest BCUT2D eigenvalue weighted by Crippen LogP contribution is 2.29. The Morgan fingerprint density at radius 2 is 2.32 bits per heavy atom. The molecule has 0 aliphatic carbocycles. The summed E-state index contributed by atoms with van der Waals surface area (Å²) in [6.07, 6.45) is 3.35. The largest absolute Gasteiger partial charge is 0.392 e. The van der Waals surface area contributed by atoms with Gasteiger partial charge in [0.2, 0.25) is 0 Å². The van der Waals surface area contributed by atoms with Gasteiger partial charge in [-0.25, -0.2) is 0 Å². The summed E-state index contributed by atoms with van der Waals surface area (Å²) < 4.78 is 5.34. The minimum atomic E-state index is -0.357. The average Bonchev–Trinajstić information content (AvgIpc) is 2.93. The maximum atomic E-state index is 11.0. The minimum Gasteiger partial charge on any atom is -0.392 e. The molecule has 1 N–H and O–H groups in total. The molecule has 0 bridgehead atoms. The first-order valence-electron chi connectivity index (χ1n) is 7.58.